The number of hydrogen-bond donors (Lipinski definition) is 2. The summed E-state index contributed by atoms with van der Waals surface area (Å²) in [5.41, 5.74) is 2.90. The summed E-state index contributed by atoms with van der Waals surface area (Å²) in [7, 11) is 1.68. The Bertz CT molecular complexity index is 634. The molecule has 0 saturated carbocycles. The number of amides is 1. The van der Waals surface area contributed by atoms with Crippen LogP contribution in [0.5, 0.6) is 5.75 Å². The number of fused-ring (bicyclic) bond motifs is 1. The fourth-order valence-corrected chi connectivity index (χ4v) is 2.24. The van der Waals surface area contributed by atoms with Gasteiger partial charge in [-0.2, -0.15) is 5.10 Å². The van der Waals surface area contributed by atoms with Crippen molar-refractivity contribution in [3.63, 3.8) is 0 Å². The van der Waals surface area contributed by atoms with Crippen molar-refractivity contribution in [2.24, 2.45) is 0 Å². The van der Waals surface area contributed by atoms with Crippen molar-refractivity contribution in [3.8, 4) is 5.75 Å². The maximum absolute atomic E-state index is 12.5. The lowest BCUT2D eigenvalue weighted by Crippen LogP contribution is -2.28. The van der Waals surface area contributed by atoms with E-state index in [0.29, 0.717) is 24.6 Å². The fourth-order valence-electron chi connectivity index (χ4n) is 2.24. The molecule has 2 aromatic rings. The van der Waals surface area contributed by atoms with E-state index in [0.717, 1.165) is 17.7 Å². The second-order valence-corrected chi connectivity index (χ2v) is 4.71. The van der Waals surface area contributed by atoms with Gasteiger partial charge in [0.25, 0.3) is 5.91 Å². The third-order valence-corrected chi connectivity index (χ3v) is 3.44. The van der Waals surface area contributed by atoms with Gasteiger partial charge in [0.15, 0.2) is 5.69 Å². The molecule has 1 aromatic heterocycles. The van der Waals surface area contributed by atoms with Gasteiger partial charge in [0.05, 0.1) is 13.2 Å². The number of ether oxygens (including phenoxy) is 1. The zero-order valence-electron chi connectivity index (χ0n) is 11.1. The number of rotatable bonds is 2. The quantitative estimate of drug-likeness (QED) is 0.868. The molecule has 6 nitrogen and oxygen atoms in total. The number of nitrogens with zero attached hydrogens (tertiary/aromatic N) is 2. The van der Waals surface area contributed by atoms with Gasteiger partial charge in [0.2, 0.25) is 0 Å². The first-order valence-corrected chi connectivity index (χ1v) is 6.38. The van der Waals surface area contributed by atoms with Crippen LogP contribution in [0.4, 0.5) is 5.69 Å². The van der Waals surface area contributed by atoms with Crippen molar-refractivity contribution < 1.29 is 14.6 Å². The first-order valence-electron chi connectivity index (χ1n) is 6.38. The standard InChI is InChI=1S/C14H15N3O3/c1-17(9-2-4-10(18)5-3-9)14(19)13-11-8-20-7-6-12(11)15-16-13/h2-5,18H,6-8H2,1H3,(H,15,16). The lowest BCUT2D eigenvalue weighted by atomic mass is 10.1. The summed E-state index contributed by atoms with van der Waals surface area (Å²) in [5.74, 6) is -0.0289. The Morgan fingerprint density at radius 1 is 1.40 bits per heavy atom. The number of anilines is 1. The summed E-state index contributed by atoms with van der Waals surface area (Å²) in [4.78, 5) is 14.0. The Balaban J connectivity index is 1.88. The van der Waals surface area contributed by atoms with Crippen molar-refractivity contribution in [1.29, 1.82) is 0 Å². The van der Waals surface area contributed by atoms with Crippen molar-refractivity contribution in [2.75, 3.05) is 18.6 Å². The molecule has 0 fully saturated rings. The number of aromatic nitrogens is 2. The maximum Gasteiger partial charge on any atom is 0.278 e. The van der Waals surface area contributed by atoms with Crippen LogP contribution in [0, 0.1) is 0 Å². The first kappa shape index (κ1) is 12.7. The number of phenolic OH excluding ortho intramolecular Hbond substituents is 1. The second-order valence-electron chi connectivity index (χ2n) is 4.71. The molecule has 0 spiro atoms. The van der Waals surface area contributed by atoms with E-state index in [1.54, 1.807) is 31.3 Å². The minimum atomic E-state index is -0.196. The monoisotopic (exact) mass is 273 g/mol. The highest BCUT2D eigenvalue weighted by Crippen LogP contribution is 2.22. The third-order valence-electron chi connectivity index (χ3n) is 3.44. The van der Waals surface area contributed by atoms with Crippen molar-refractivity contribution in [1.82, 2.24) is 10.2 Å². The molecule has 0 atom stereocenters. The molecule has 3 rings (SSSR count). The van der Waals surface area contributed by atoms with E-state index in [4.69, 9.17) is 4.74 Å². The summed E-state index contributed by atoms with van der Waals surface area (Å²) in [6.45, 7) is 1.06. The van der Waals surface area contributed by atoms with Crippen LogP contribution in [0.25, 0.3) is 0 Å². The lowest BCUT2D eigenvalue weighted by molar-refractivity contribution is 0.0960. The average Bonchev–Trinajstić information content (AvgIpc) is 2.90. The van der Waals surface area contributed by atoms with Crippen LogP contribution in [0.2, 0.25) is 0 Å². The van der Waals surface area contributed by atoms with Crippen LogP contribution in [-0.2, 0) is 17.8 Å². The summed E-state index contributed by atoms with van der Waals surface area (Å²) in [6.07, 6.45) is 0.749. The van der Waals surface area contributed by atoms with Gasteiger partial charge in [-0.1, -0.05) is 0 Å². The van der Waals surface area contributed by atoms with Crippen LogP contribution in [0.3, 0.4) is 0 Å². The molecule has 6 heteroatoms. The van der Waals surface area contributed by atoms with Gasteiger partial charge in [-0.25, -0.2) is 0 Å². The van der Waals surface area contributed by atoms with E-state index < -0.39 is 0 Å². The Kier molecular flexibility index (Phi) is 3.15. The van der Waals surface area contributed by atoms with Gasteiger partial charge >= 0.3 is 0 Å². The van der Waals surface area contributed by atoms with Gasteiger partial charge in [-0.3, -0.25) is 9.89 Å². The third kappa shape index (κ3) is 2.14. The number of hydrogen-bond acceptors (Lipinski definition) is 4. The molecule has 2 heterocycles. The number of carbonyl (C=O) groups excluding carboxylic acids is 1. The highest BCUT2D eigenvalue weighted by Gasteiger charge is 2.25. The Hall–Kier alpha value is -2.34. The van der Waals surface area contributed by atoms with Gasteiger partial charge in [0, 0.05) is 30.4 Å². The number of aromatic amines is 1. The molecule has 20 heavy (non-hydrogen) atoms. The minimum Gasteiger partial charge on any atom is -0.508 e. The topological polar surface area (TPSA) is 78.5 Å². The number of carbonyl (C=O) groups is 1. The number of phenols is 1. The minimum absolute atomic E-state index is 0.167. The van der Waals surface area contributed by atoms with Gasteiger partial charge < -0.3 is 14.7 Å². The molecular formula is C14H15N3O3. The molecular weight excluding hydrogens is 258 g/mol. The number of benzene rings is 1. The highest BCUT2D eigenvalue weighted by atomic mass is 16.5. The zero-order chi connectivity index (χ0) is 14.1. The van der Waals surface area contributed by atoms with Crippen molar-refractivity contribution >= 4 is 11.6 Å². The highest BCUT2D eigenvalue weighted by molar-refractivity contribution is 6.05. The van der Waals surface area contributed by atoms with E-state index in [1.807, 2.05) is 0 Å². The molecule has 1 aromatic carbocycles. The summed E-state index contributed by atoms with van der Waals surface area (Å²) >= 11 is 0. The van der Waals surface area contributed by atoms with Crippen LogP contribution in [0.1, 0.15) is 21.7 Å². The average molecular weight is 273 g/mol. The van der Waals surface area contributed by atoms with Gasteiger partial charge in [0.1, 0.15) is 5.75 Å². The van der Waals surface area contributed by atoms with Crippen LogP contribution in [-0.4, -0.2) is 34.9 Å². The summed E-state index contributed by atoms with van der Waals surface area (Å²) in [6, 6.07) is 6.45. The Labute approximate surface area is 116 Å². The Morgan fingerprint density at radius 3 is 2.90 bits per heavy atom. The molecule has 0 saturated heterocycles. The van der Waals surface area contributed by atoms with E-state index in [-0.39, 0.29) is 11.7 Å². The van der Waals surface area contributed by atoms with E-state index in [1.165, 1.54) is 4.90 Å². The van der Waals surface area contributed by atoms with Crippen LogP contribution in [0.15, 0.2) is 24.3 Å². The smallest absolute Gasteiger partial charge is 0.278 e. The van der Waals surface area contributed by atoms with Gasteiger partial charge in [-0.15, -0.1) is 0 Å². The Morgan fingerprint density at radius 2 is 2.15 bits per heavy atom. The molecule has 104 valence electrons. The zero-order valence-corrected chi connectivity index (χ0v) is 11.1. The van der Waals surface area contributed by atoms with E-state index in [2.05, 4.69) is 10.2 Å². The van der Waals surface area contributed by atoms with Crippen molar-refractivity contribution in [2.45, 2.75) is 13.0 Å². The van der Waals surface area contributed by atoms with E-state index in [9.17, 15) is 9.90 Å². The second kappa shape index (κ2) is 4.97. The van der Waals surface area contributed by atoms with Crippen LogP contribution >= 0.6 is 0 Å². The molecule has 0 unspecified atom stereocenters. The summed E-state index contributed by atoms with van der Waals surface area (Å²) < 4.78 is 5.38. The fraction of sp³-hybridized carbons (Fsp3) is 0.286. The lowest BCUT2D eigenvalue weighted by Gasteiger charge is -2.18. The van der Waals surface area contributed by atoms with Gasteiger partial charge in [-0.05, 0) is 24.3 Å². The van der Waals surface area contributed by atoms with E-state index >= 15 is 0 Å². The SMILES string of the molecule is CN(C(=O)c1n[nH]c2c1COCC2)c1ccc(O)cc1. The van der Waals surface area contributed by atoms with Crippen molar-refractivity contribution in [3.05, 3.63) is 41.2 Å². The molecule has 0 bridgehead atoms. The largest absolute Gasteiger partial charge is 0.508 e. The number of aromatic hydroxyl groups is 1. The summed E-state index contributed by atoms with van der Waals surface area (Å²) in [5, 5.41) is 16.3. The molecule has 1 aliphatic heterocycles. The molecule has 0 radical (unpaired) electrons. The normalized spacial score (nSPS) is 13.8. The predicted molar refractivity (Wildman–Crippen MR) is 72.8 cm³/mol. The number of nitrogens with one attached hydrogen (secondary N) is 1. The van der Waals surface area contributed by atoms with Crippen LogP contribution < -0.4 is 4.90 Å². The number of H-pyrrole nitrogens is 1. The molecule has 1 amide bonds. The molecule has 1 aliphatic rings. The maximum atomic E-state index is 12.5. The molecule has 2 N–H and O–H groups in total. The predicted octanol–water partition coefficient (Wildman–Crippen LogP) is 1.46. The molecule has 0 aliphatic carbocycles. The first-order chi connectivity index (χ1) is 9.66.